The predicted octanol–water partition coefficient (Wildman–Crippen LogP) is 9.08. The van der Waals surface area contributed by atoms with E-state index in [1.54, 1.807) is 104 Å². The van der Waals surface area contributed by atoms with Crippen molar-refractivity contribution in [2.75, 3.05) is 49.5 Å². The zero-order valence-electron chi connectivity index (χ0n) is 35.9. The number of rotatable bonds is 16. The quantitative estimate of drug-likeness (QED) is 0.0619. The molecule has 4 N–H and O–H groups in total. The summed E-state index contributed by atoms with van der Waals surface area (Å²) in [5.41, 5.74) is 1.42. The Balaban J connectivity index is 1.48. The van der Waals surface area contributed by atoms with E-state index in [4.69, 9.17) is 23.7 Å². The summed E-state index contributed by atoms with van der Waals surface area (Å²) in [5, 5.41) is 19.9. The van der Waals surface area contributed by atoms with Gasteiger partial charge >= 0.3 is 24.2 Å². The first kappa shape index (κ1) is 46.7. The van der Waals surface area contributed by atoms with Crippen LogP contribution in [0.2, 0.25) is 0 Å². The summed E-state index contributed by atoms with van der Waals surface area (Å²) in [6, 6.07) is 13.5. The number of anilines is 3. The molecule has 16 heteroatoms. The van der Waals surface area contributed by atoms with Crippen molar-refractivity contribution in [3.05, 3.63) is 88.9 Å². The van der Waals surface area contributed by atoms with Gasteiger partial charge in [0.05, 0.1) is 13.2 Å². The number of amides is 3. The molecule has 0 saturated carbocycles. The number of nitrogens with zero attached hydrogens (tertiary/aromatic N) is 2. The van der Waals surface area contributed by atoms with Crippen LogP contribution in [-0.4, -0.2) is 79.5 Å². The number of aryl methyl sites for hydroxylation is 1. The monoisotopic (exact) mass is 833 g/mol. The first-order valence-corrected chi connectivity index (χ1v) is 19.5. The SMILES string of the molecule is CNCc1cc(NC(=O)OC[C@H](C)c2ccc(C(Nc3ccc4c(N(C(=O)OC(C)(C)C)C(=O)OC(C)(C)C)nccc4c3)C(=O)O)cc2C)cc(F)c1OCCCOC. The molecule has 60 heavy (non-hydrogen) atoms. The number of carbonyl (C=O) groups is 4. The number of halogens is 1. The minimum atomic E-state index is -1.16. The van der Waals surface area contributed by atoms with Gasteiger partial charge in [-0.05, 0) is 108 Å². The lowest BCUT2D eigenvalue weighted by Crippen LogP contribution is -2.44. The number of benzene rings is 3. The Morgan fingerprint density at radius 2 is 1.58 bits per heavy atom. The molecule has 1 heterocycles. The van der Waals surface area contributed by atoms with E-state index in [-0.39, 0.29) is 36.4 Å². The van der Waals surface area contributed by atoms with E-state index in [0.29, 0.717) is 47.2 Å². The molecule has 324 valence electrons. The molecule has 0 aliphatic heterocycles. The number of methoxy groups -OCH3 is 1. The zero-order valence-corrected chi connectivity index (χ0v) is 35.9. The number of nitrogens with one attached hydrogen (secondary N) is 3. The molecule has 2 atom stereocenters. The van der Waals surface area contributed by atoms with Gasteiger partial charge in [0.25, 0.3) is 0 Å². The van der Waals surface area contributed by atoms with Crippen molar-refractivity contribution in [2.45, 2.75) is 91.5 Å². The number of aromatic nitrogens is 1. The highest BCUT2D eigenvalue weighted by molar-refractivity contribution is 6.14. The van der Waals surface area contributed by atoms with Gasteiger partial charge in [0, 0.05) is 67.2 Å². The van der Waals surface area contributed by atoms with E-state index >= 15 is 4.39 Å². The Kier molecular flexibility index (Phi) is 15.8. The van der Waals surface area contributed by atoms with Crippen LogP contribution in [0.3, 0.4) is 0 Å². The summed E-state index contributed by atoms with van der Waals surface area (Å²) >= 11 is 0. The van der Waals surface area contributed by atoms with Crippen molar-refractivity contribution in [2.24, 2.45) is 0 Å². The van der Waals surface area contributed by atoms with Crippen LogP contribution in [0.4, 0.5) is 36.0 Å². The van der Waals surface area contributed by atoms with Crippen molar-refractivity contribution in [1.29, 1.82) is 0 Å². The maximum Gasteiger partial charge on any atom is 0.425 e. The van der Waals surface area contributed by atoms with Crippen LogP contribution < -0.4 is 25.6 Å². The predicted molar refractivity (Wildman–Crippen MR) is 226 cm³/mol. The van der Waals surface area contributed by atoms with Crippen molar-refractivity contribution in [1.82, 2.24) is 10.3 Å². The highest BCUT2D eigenvalue weighted by Crippen LogP contribution is 2.33. The second-order valence-electron chi connectivity index (χ2n) is 16.2. The van der Waals surface area contributed by atoms with Gasteiger partial charge in [-0.2, -0.15) is 4.90 Å². The highest BCUT2D eigenvalue weighted by Gasteiger charge is 2.35. The summed E-state index contributed by atoms with van der Waals surface area (Å²) in [4.78, 5) is 57.2. The highest BCUT2D eigenvalue weighted by atomic mass is 19.1. The van der Waals surface area contributed by atoms with Crippen molar-refractivity contribution in [3.8, 4) is 5.75 Å². The zero-order chi connectivity index (χ0) is 44.4. The molecule has 0 fully saturated rings. The fourth-order valence-electron chi connectivity index (χ4n) is 6.21. The van der Waals surface area contributed by atoms with Crippen LogP contribution in [0, 0.1) is 12.7 Å². The van der Waals surface area contributed by atoms with Crippen LogP contribution in [0.25, 0.3) is 10.8 Å². The molecule has 1 unspecified atom stereocenters. The first-order chi connectivity index (χ1) is 28.2. The van der Waals surface area contributed by atoms with E-state index < -0.39 is 47.3 Å². The Bertz CT molecular complexity index is 2140. The van der Waals surface area contributed by atoms with Gasteiger partial charge in [0.1, 0.15) is 11.2 Å². The van der Waals surface area contributed by atoms with Crippen LogP contribution in [-0.2, 0) is 30.3 Å². The van der Waals surface area contributed by atoms with Crippen LogP contribution in [0.5, 0.6) is 5.75 Å². The molecule has 15 nitrogen and oxygen atoms in total. The lowest BCUT2D eigenvalue weighted by molar-refractivity contribution is -0.138. The molecule has 0 aliphatic rings. The number of pyridine rings is 1. The number of carboxylic acids is 1. The summed E-state index contributed by atoms with van der Waals surface area (Å²) in [6.07, 6.45) is -0.690. The van der Waals surface area contributed by atoms with Crippen molar-refractivity contribution in [3.63, 3.8) is 0 Å². The fraction of sp³-hybridized carbons (Fsp3) is 0.432. The number of imide groups is 1. The molecule has 4 aromatic rings. The van der Waals surface area contributed by atoms with E-state index in [9.17, 15) is 24.3 Å². The summed E-state index contributed by atoms with van der Waals surface area (Å²) < 4.78 is 42.2. The first-order valence-electron chi connectivity index (χ1n) is 19.5. The largest absolute Gasteiger partial charge is 0.490 e. The molecule has 0 aliphatic carbocycles. The Hall–Kier alpha value is -6.00. The lowest BCUT2D eigenvalue weighted by Gasteiger charge is -2.28. The summed E-state index contributed by atoms with van der Waals surface area (Å²) in [7, 11) is 3.29. The number of hydrogen-bond donors (Lipinski definition) is 4. The number of carbonyl (C=O) groups excluding carboxylic acids is 3. The molecule has 0 saturated heterocycles. The molecule has 0 spiro atoms. The Morgan fingerprint density at radius 3 is 2.18 bits per heavy atom. The average Bonchev–Trinajstić information content (AvgIpc) is 3.14. The van der Waals surface area contributed by atoms with Crippen LogP contribution in [0.15, 0.2) is 60.8 Å². The fourth-order valence-corrected chi connectivity index (χ4v) is 6.21. The number of carboxylic acid groups (broad SMARTS) is 1. The van der Waals surface area contributed by atoms with E-state index in [2.05, 4.69) is 20.9 Å². The topological polar surface area (TPSA) is 187 Å². The van der Waals surface area contributed by atoms with Crippen molar-refractivity contribution < 1.29 is 52.4 Å². The maximum atomic E-state index is 15.0. The van der Waals surface area contributed by atoms with E-state index in [1.165, 1.54) is 12.3 Å². The molecule has 0 radical (unpaired) electrons. The van der Waals surface area contributed by atoms with Crippen LogP contribution in [0.1, 0.15) is 89.1 Å². The second-order valence-corrected chi connectivity index (χ2v) is 16.2. The molecule has 3 amide bonds. The molecular weight excluding hydrogens is 778 g/mol. The molecular formula is C44H56FN5O10. The van der Waals surface area contributed by atoms with Gasteiger partial charge in [-0.1, -0.05) is 25.1 Å². The minimum absolute atomic E-state index is 0.00754. The van der Waals surface area contributed by atoms with Crippen molar-refractivity contribution >= 4 is 52.2 Å². The van der Waals surface area contributed by atoms with Gasteiger partial charge in [-0.3, -0.25) is 5.32 Å². The minimum Gasteiger partial charge on any atom is -0.490 e. The molecule has 4 rings (SSSR count). The smallest absolute Gasteiger partial charge is 0.425 e. The summed E-state index contributed by atoms with van der Waals surface area (Å²) in [5.74, 6) is -1.94. The molecule has 0 bridgehead atoms. The van der Waals surface area contributed by atoms with Gasteiger partial charge < -0.3 is 39.4 Å². The molecule has 1 aromatic heterocycles. The van der Waals surface area contributed by atoms with E-state index in [0.717, 1.165) is 16.0 Å². The summed E-state index contributed by atoms with van der Waals surface area (Å²) in [6.45, 7) is 14.8. The van der Waals surface area contributed by atoms with Gasteiger partial charge in [0.15, 0.2) is 23.4 Å². The van der Waals surface area contributed by atoms with Crippen LogP contribution >= 0.6 is 0 Å². The normalized spacial score (nSPS) is 12.6. The Morgan fingerprint density at radius 1 is 0.900 bits per heavy atom. The van der Waals surface area contributed by atoms with E-state index in [1.807, 2.05) is 13.8 Å². The molecule has 3 aromatic carbocycles. The van der Waals surface area contributed by atoms with Gasteiger partial charge in [0.2, 0.25) is 0 Å². The third-order valence-electron chi connectivity index (χ3n) is 8.76. The maximum absolute atomic E-state index is 15.0. The van der Waals surface area contributed by atoms with Gasteiger partial charge in [-0.15, -0.1) is 0 Å². The number of ether oxygens (including phenoxy) is 5. The Labute approximate surface area is 349 Å². The number of hydrogen-bond acceptors (Lipinski definition) is 12. The average molecular weight is 834 g/mol. The third-order valence-corrected chi connectivity index (χ3v) is 8.76. The third kappa shape index (κ3) is 13.0. The standard InChI is InChI=1S/C44H56FN5O10/c1-26-20-29(12-14-33(26)27(2)25-58-40(53)49-32-22-30(24-46-9)37(35(45)23-32)57-19-11-18-56-10)36(39(51)52)48-31-13-15-34-28(21-31)16-17-47-38(34)50(41(54)59-43(3,4)5)42(55)60-44(6,7)8/h12-17,20-23,27,36,46,48H,11,18-19,24-25H2,1-10H3,(H,49,53)(H,51,52)/t27-,36?/m0/s1. The number of aliphatic carboxylic acids is 1. The number of fused-ring (bicyclic) bond motifs is 1. The second kappa shape index (κ2) is 20.3. The van der Waals surface area contributed by atoms with Gasteiger partial charge in [-0.25, -0.2) is 28.6 Å². The lowest BCUT2D eigenvalue weighted by atomic mass is 9.93.